The van der Waals surface area contributed by atoms with E-state index in [0.29, 0.717) is 18.5 Å². The first-order valence-electron chi connectivity index (χ1n) is 6.75. The van der Waals surface area contributed by atoms with Gasteiger partial charge in [-0.1, -0.05) is 18.2 Å². The number of carbonyl (C=O) groups is 1. The largest absolute Gasteiger partial charge is 0.388 e. The lowest BCUT2D eigenvalue weighted by Gasteiger charge is -2.11. The maximum Gasteiger partial charge on any atom is 0.222 e. The number of nitrogens with one attached hydrogen (secondary N) is 1. The summed E-state index contributed by atoms with van der Waals surface area (Å²) in [4.78, 5) is 15.9. The zero-order valence-electron chi connectivity index (χ0n) is 11.5. The van der Waals surface area contributed by atoms with Gasteiger partial charge in [-0.2, -0.15) is 0 Å². The molecule has 21 heavy (non-hydrogen) atoms. The quantitative estimate of drug-likeness (QED) is 0.854. The molecule has 0 radical (unpaired) electrons. The highest BCUT2D eigenvalue weighted by Crippen LogP contribution is 2.17. The van der Waals surface area contributed by atoms with Crippen molar-refractivity contribution in [2.45, 2.75) is 18.9 Å². The maximum absolute atomic E-state index is 13.0. The van der Waals surface area contributed by atoms with Crippen molar-refractivity contribution >= 4 is 5.91 Å². The topological polar surface area (TPSA) is 62.2 Å². The van der Waals surface area contributed by atoms with Crippen LogP contribution in [0.2, 0.25) is 0 Å². The lowest BCUT2D eigenvalue weighted by atomic mass is 10.1. The number of pyridine rings is 1. The summed E-state index contributed by atoms with van der Waals surface area (Å²) in [5.41, 5.74) is 1.29. The van der Waals surface area contributed by atoms with Gasteiger partial charge in [-0.05, 0) is 29.8 Å². The summed E-state index contributed by atoms with van der Waals surface area (Å²) < 4.78 is 13.0. The summed E-state index contributed by atoms with van der Waals surface area (Å²) >= 11 is 0. The first kappa shape index (κ1) is 15.1. The van der Waals surface area contributed by atoms with E-state index in [-0.39, 0.29) is 12.3 Å². The molecule has 1 unspecified atom stereocenters. The Morgan fingerprint density at radius 3 is 2.86 bits per heavy atom. The summed E-state index contributed by atoms with van der Waals surface area (Å²) in [6.45, 7) is 0.450. The van der Waals surface area contributed by atoms with Gasteiger partial charge in [-0.25, -0.2) is 4.39 Å². The standard InChI is InChI=1S/C16H17FN2O2/c17-13-5-3-4-12(10-13)15(20)11-16(21)19-9-7-14-6-1-2-8-18-14/h1-6,8,10,15,20H,7,9,11H2,(H,19,21). The number of benzene rings is 1. The van der Waals surface area contributed by atoms with Crippen LogP contribution >= 0.6 is 0 Å². The van der Waals surface area contributed by atoms with Crippen molar-refractivity contribution in [3.8, 4) is 0 Å². The fraction of sp³-hybridized carbons (Fsp3) is 0.250. The van der Waals surface area contributed by atoms with E-state index in [0.717, 1.165) is 5.69 Å². The van der Waals surface area contributed by atoms with Crippen molar-refractivity contribution in [1.82, 2.24) is 10.3 Å². The minimum absolute atomic E-state index is 0.0916. The van der Waals surface area contributed by atoms with E-state index >= 15 is 0 Å². The number of hydrogen-bond acceptors (Lipinski definition) is 3. The Labute approximate surface area is 122 Å². The number of carbonyl (C=O) groups excluding carboxylic acids is 1. The summed E-state index contributed by atoms with van der Waals surface area (Å²) in [6.07, 6.45) is 1.23. The van der Waals surface area contributed by atoms with Crippen LogP contribution in [-0.4, -0.2) is 22.5 Å². The fourth-order valence-corrected chi connectivity index (χ4v) is 1.96. The van der Waals surface area contributed by atoms with E-state index < -0.39 is 11.9 Å². The molecule has 5 heteroatoms. The number of aliphatic hydroxyl groups excluding tert-OH is 1. The van der Waals surface area contributed by atoms with Crippen molar-refractivity contribution in [2.75, 3.05) is 6.54 Å². The zero-order chi connectivity index (χ0) is 15.1. The minimum Gasteiger partial charge on any atom is -0.388 e. The number of hydrogen-bond donors (Lipinski definition) is 2. The summed E-state index contributed by atoms with van der Waals surface area (Å²) in [5, 5.41) is 12.6. The molecule has 1 atom stereocenters. The molecular formula is C16H17FN2O2. The molecule has 0 aliphatic heterocycles. The maximum atomic E-state index is 13.0. The minimum atomic E-state index is -1.00. The number of aliphatic hydroxyl groups is 1. The van der Waals surface area contributed by atoms with Crippen LogP contribution in [0, 0.1) is 5.82 Å². The first-order valence-corrected chi connectivity index (χ1v) is 6.75. The van der Waals surface area contributed by atoms with E-state index in [9.17, 15) is 14.3 Å². The first-order chi connectivity index (χ1) is 10.1. The molecule has 0 bridgehead atoms. The predicted octanol–water partition coefficient (Wildman–Crippen LogP) is 2.00. The highest BCUT2D eigenvalue weighted by Gasteiger charge is 2.13. The second-order valence-corrected chi connectivity index (χ2v) is 4.70. The molecule has 0 saturated carbocycles. The normalized spacial score (nSPS) is 11.9. The van der Waals surface area contributed by atoms with E-state index in [4.69, 9.17) is 0 Å². The van der Waals surface area contributed by atoms with Gasteiger partial charge in [0.15, 0.2) is 0 Å². The van der Waals surface area contributed by atoms with Gasteiger partial charge in [-0.15, -0.1) is 0 Å². The second kappa shape index (κ2) is 7.50. The van der Waals surface area contributed by atoms with Crippen LogP contribution in [0.15, 0.2) is 48.7 Å². The number of amides is 1. The van der Waals surface area contributed by atoms with Crippen LogP contribution in [0.3, 0.4) is 0 Å². The van der Waals surface area contributed by atoms with Gasteiger partial charge in [0.05, 0.1) is 12.5 Å². The Bertz CT molecular complexity index is 590. The van der Waals surface area contributed by atoms with E-state index in [2.05, 4.69) is 10.3 Å². The predicted molar refractivity (Wildman–Crippen MR) is 76.9 cm³/mol. The number of aromatic nitrogens is 1. The van der Waals surface area contributed by atoms with Crippen LogP contribution < -0.4 is 5.32 Å². The Morgan fingerprint density at radius 2 is 2.14 bits per heavy atom. The third kappa shape index (κ3) is 4.96. The van der Waals surface area contributed by atoms with Crippen LogP contribution in [0.25, 0.3) is 0 Å². The monoisotopic (exact) mass is 288 g/mol. The SMILES string of the molecule is O=C(CC(O)c1cccc(F)c1)NCCc1ccccn1. The molecule has 2 rings (SSSR count). The Balaban J connectivity index is 1.76. The zero-order valence-corrected chi connectivity index (χ0v) is 11.5. The molecule has 0 aliphatic rings. The summed E-state index contributed by atoms with van der Waals surface area (Å²) in [7, 11) is 0. The fourth-order valence-electron chi connectivity index (χ4n) is 1.96. The van der Waals surface area contributed by atoms with Crippen molar-refractivity contribution < 1.29 is 14.3 Å². The number of rotatable bonds is 6. The molecule has 1 aromatic heterocycles. The number of nitrogens with zero attached hydrogens (tertiary/aromatic N) is 1. The summed E-state index contributed by atoms with van der Waals surface area (Å²) in [6, 6.07) is 11.2. The highest BCUT2D eigenvalue weighted by atomic mass is 19.1. The molecule has 110 valence electrons. The Hall–Kier alpha value is -2.27. The molecule has 1 heterocycles. The third-order valence-corrected chi connectivity index (χ3v) is 3.04. The summed E-state index contributed by atoms with van der Waals surface area (Å²) in [5.74, 6) is -0.704. The molecule has 1 aromatic carbocycles. The molecule has 0 fully saturated rings. The number of halogens is 1. The van der Waals surface area contributed by atoms with E-state index in [1.54, 1.807) is 12.3 Å². The lowest BCUT2D eigenvalue weighted by molar-refractivity contribution is -0.123. The molecular weight excluding hydrogens is 271 g/mol. The van der Waals surface area contributed by atoms with E-state index in [1.807, 2.05) is 18.2 Å². The van der Waals surface area contributed by atoms with Gasteiger partial charge in [0.2, 0.25) is 5.91 Å². The highest BCUT2D eigenvalue weighted by molar-refractivity contribution is 5.76. The second-order valence-electron chi connectivity index (χ2n) is 4.70. The lowest BCUT2D eigenvalue weighted by Crippen LogP contribution is -2.27. The van der Waals surface area contributed by atoms with Crippen LogP contribution in [0.5, 0.6) is 0 Å². The average molecular weight is 288 g/mol. The van der Waals surface area contributed by atoms with Gasteiger partial charge >= 0.3 is 0 Å². The van der Waals surface area contributed by atoms with E-state index in [1.165, 1.54) is 18.2 Å². The van der Waals surface area contributed by atoms with Gasteiger partial charge in [0.25, 0.3) is 0 Å². The van der Waals surface area contributed by atoms with Crippen molar-refractivity contribution in [1.29, 1.82) is 0 Å². The molecule has 4 nitrogen and oxygen atoms in total. The van der Waals surface area contributed by atoms with Gasteiger partial charge < -0.3 is 10.4 Å². The molecule has 1 amide bonds. The van der Waals surface area contributed by atoms with Gasteiger partial charge in [0.1, 0.15) is 5.82 Å². The van der Waals surface area contributed by atoms with Crippen molar-refractivity contribution in [2.24, 2.45) is 0 Å². The van der Waals surface area contributed by atoms with Gasteiger partial charge in [-0.3, -0.25) is 9.78 Å². The Morgan fingerprint density at radius 1 is 1.29 bits per heavy atom. The molecule has 2 aromatic rings. The molecule has 0 saturated heterocycles. The van der Waals surface area contributed by atoms with Gasteiger partial charge in [0, 0.05) is 24.9 Å². The smallest absolute Gasteiger partial charge is 0.222 e. The average Bonchev–Trinajstić information content (AvgIpc) is 2.48. The Kier molecular flexibility index (Phi) is 5.40. The van der Waals surface area contributed by atoms with Crippen LogP contribution in [-0.2, 0) is 11.2 Å². The van der Waals surface area contributed by atoms with Crippen molar-refractivity contribution in [3.63, 3.8) is 0 Å². The molecule has 0 spiro atoms. The van der Waals surface area contributed by atoms with Crippen molar-refractivity contribution in [3.05, 3.63) is 65.7 Å². The van der Waals surface area contributed by atoms with Crippen LogP contribution in [0.4, 0.5) is 4.39 Å². The molecule has 2 N–H and O–H groups in total. The van der Waals surface area contributed by atoms with Crippen LogP contribution in [0.1, 0.15) is 23.8 Å². The third-order valence-electron chi connectivity index (χ3n) is 3.04. The molecule has 0 aliphatic carbocycles.